The van der Waals surface area contributed by atoms with Crippen LogP contribution in [0.25, 0.3) is 11.3 Å². The van der Waals surface area contributed by atoms with Crippen LogP contribution in [0.1, 0.15) is 5.56 Å². The topological polar surface area (TPSA) is 50.7 Å². The van der Waals surface area contributed by atoms with Gasteiger partial charge in [0.2, 0.25) is 0 Å². The minimum Gasteiger partial charge on any atom is -0.330 e. The van der Waals surface area contributed by atoms with Gasteiger partial charge in [-0.25, -0.2) is 4.98 Å². The Balaban J connectivity index is 1.86. The van der Waals surface area contributed by atoms with Crippen molar-refractivity contribution in [3.63, 3.8) is 0 Å². The van der Waals surface area contributed by atoms with Crippen molar-refractivity contribution in [1.82, 2.24) is 15.0 Å². The minimum atomic E-state index is 0.853. The molecule has 0 amide bonds. The highest BCUT2D eigenvalue weighted by molar-refractivity contribution is 7.14. The first kappa shape index (κ1) is 11.8. The number of nitrogens with zero attached hydrogens (tertiary/aromatic N) is 3. The van der Waals surface area contributed by atoms with Crippen LogP contribution >= 0.6 is 11.3 Å². The van der Waals surface area contributed by atoms with Crippen LogP contribution in [0.2, 0.25) is 0 Å². The van der Waals surface area contributed by atoms with Crippen molar-refractivity contribution in [2.24, 2.45) is 0 Å². The van der Waals surface area contributed by atoms with Crippen molar-refractivity contribution in [3.05, 3.63) is 53.9 Å². The lowest BCUT2D eigenvalue weighted by Gasteiger charge is -2.01. The van der Waals surface area contributed by atoms with E-state index in [1.165, 1.54) is 5.56 Å². The zero-order valence-electron chi connectivity index (χ0n) is 10.4. The second kappa shape index (κ2) is 5.16. The molecule has 0 saturated carbocycles. The summed E-state index contributed by atoms with van der Waals surface area (Å²) >= 11 is 1.57. The summed E-state index contributed by atoms with van der Waals surface area (Å²) in [6, 6.07) is 5.84. The molecule has 3 aromatic heterocycles. The number of anilines is 2. The Hall–Kier alpha value is -2.27. The Morgan fingerprint density at radius 3 is 2.79 bits per heavy atom. The minimum absolute atomic E-state index is 0.853. The Morgan fingerprint density at radius 2 is 2.00 bits per heavy atom. The van der Waals surface area contributed by atoms with Gasteiger partial charge in [-0.15, -0.1) is 11.3 Å². The number of aromatic nitrogens is 3. The van der Waals surface area contributed by atoms with E-state index in [4.69, 9.17) is 0 Å². The highest BCUT2D eigenvalue weighted by Gasteiger charge is 2.07. The zero-order chi connectivity index (χ0) is 13.1. The third-order valence-electron chi connectivity index (χ3n) is 2.73. The molecule has 0 fully saturated rings. The number of hydrogen-bond donors (Lipinski definition) is 1. The Kier molecular flexibility index (Phi) is 3.20. The first-order valence-electron chi connectivity index (χ1n) is 5.86. The third kappa shape index (κ3) is 2.61. The van der Waals surface area contributed by atoms with E-state index in [0.29, 0.717) is 0 Å². The van der Waals surface area contributed by atoms with Gasteiger partial charge in [0.25, 0.3) is 0 Å². The fraction of sp³-hybridized carbons (Fsp3) is 0.0714. The molecule has 0 unspecified atom stereocenters. The molecule has 3 aromatic rings. The highest BCUT2D eigenvalue weighted by Crippen LogP contribution is 2.28. The third-order valence-corrected chi connectivity index (χ3v) is 3.49. The van der Waals surface area contributed by atoms with E-state index in [9.17, 15) is 0 Å². The number of hydrogen-bond acceptors (Lipinski definition) is 5. The fourth-order valence-corrected chi connectivity index (χ4v) is 2.48. The van der Waals surface area contributed by atoms with Crippen LogP contribution in [-0.4, -0.2) is 15.0 Å². The molecule has 19 heavy (non-hydrogen) atoms. The van der Waals surface area contributed by atoms with Gasteiger partial charge in [0.05, 0.1) is 17.6 Å². The van der Waals surface area contributed by atoms with E-state index in [1.54, 1.807) is 29.9 Å². The van der Waals surface area contributed by atoms with Gasteiger partial charge >= 0.3 is 0 Å². The largest absolute Gasteiger partial charge is 0.330 e. The summed E-state index contributed by atoms with van der Waals surface area (Å²) in [6.45, 7) is 2.06. The van der Waals surface area contributed by atoms with Gasteiger partial charge < -0.3 is 5.32 Å². The molecule has 0 bridgehead atoms. The monoisotopic (exact) mass is 268 g/mol. The van der Waals surface area contributed by atoms with Crippen LogP contribution in [0.5, 0.6) is 0 Å². The first-order valence-corrected chi connectivity index (χ1v) is 6.74. The van der Waals surface area contributed by atoms with Gasteiger partial charge in [0.1, 0.15) is 0 Å². The van der Waals surface area contributed by atoms with E-state index >= 15 is 0 Å². The maximum Gasteiger partial charge on any atom is 0.187 e. The second-order valence-corrected chi connectivity index (χ2v) is 4.95. The van der Waals surface area contributed by atoms with Crippen LogP contribution in [0.15, 0.2) is 48.4 Å². The van der Waals surface area contributed by atoms with Crippen molar-refractivity contribution in [2.45, 2.75) is 6.92 Å². The van der Waals surface area contributed by atoms with Gasteiger partial charge in [-0.05, 0) is 30.7 Å². The van der Waals surface area contributed by atoms with Crippen molar-refractivity contribution >= 4 is 22.2 Å². The molecule has 0 aliphatic heterocycles. The number of thiazole rings is 1. The SMILES string of the molecule is Cc1ccncc1-c1csc(Nc2cccnc2)n1. The summed E-state index contributed by atoms with van der Waals surface area (Å²) in [5, 5.41) is 6.12. The summed E-state index contributed by atoms with van der Waals surface area (Å²) in [6.07, 6.45) is 7.16. The fourth-order valence-electron chi connectivity index (χ4n) is 1.75. The van der Waals surface area contributed by atoms with Crippen molar-refractivity contribution in [3.8, 4) is 11.3 Å². The molecule has 1 N–H and O–H groups in total. The molecule has 0 saturated heterocycles. The van der Waals surface area contributed by atoms with E-state index in [1.807, 2.05) is 29.8 Å². The maximum absolute atomic E-state index is 4.58. The summed E-state index contributed by atoms with van der Waals surface area (Å²) in [4.78, 5) is 12.8. The Labute approximate surface area is 115 Å². The molecule has 3 rings (SSSR count). The zero-order valence-corrected chi connectivity index (χ0v) is 11.2. The summed E-state index contributed by atoms with van der Waals surface area (Å²) < 4.78 is 0. The summed E-state index contributed by atoms with van der Waals surface area (Å²) in [7, 11) is 0. The van der Waals surface area contributed by atoms with Crippen molar-refractivity contribution in [1.29, 1.82) is 0 Å². The summed E-state index contributed by atoms with van der Waals surface area (Å²) in [5.74, 6) is 0. The second-order valence-electron chi connectivity index (χ2n) is 4.10. The van der Waals surface area contributed by atoms with Gasteiger partial charge in [-0.1, -0.05) is 0 Å². The molecular formula is C14H12N4S. The highest BCUT2D eigenvalue weighted by atomic mass is 32.1. The lowest BCUT2D eigenvalue weighted by atomic mass is 10.1. The standard InChI is InChI=1S/C14H12N4S/c1-10-4-6-16-8-12(10)13-9-19-14(18-13)17-11-3-2-5-15-7-11/h2-9H,1H3,(H,17,18). The van der Waals surface area contributed by atoms with Crippen molar-refractivity contribution < 1.29 is 0 Å². The quantitative estimate of drug-likeness (QED) is 0.787. The smallest absolute Gasteiger partial charge is 0.187 e. The maximum atomic E-state index is 4.58. The van der Waals surface area contributed by atoms with Crippen LogP contribution in [0.3, 0.4) is 0 Å². The van der Waals surface area contributed by atoms with Crippen LogP contribution in [0, 0.1) is 6.92 Å². The molecule has 0 aromatic carbocycles. The average Bonchev–Trinajstić information content (AvgIpc) is 2.89. The predicted octanol–water partition coefficient (Wildman–Crippen LogP) is 3.65. The van der Waals surface area contributed by atoms with Crippen LogP contribution in [-0.2, 0) is 0 Å². The van der Waals surface area contributed by atoms with Gasteiger partial charge in [-0.2, -0.15) is 0 Å². The van der Waals surface area contributed by atoms with Gasteiger partial charge in [0.15, 0.2) is 5.13 Å². The molecule has 3 heterocycles. The number of rotatable bonds is 3. The first-order chi connectivity index (χ1) is 9.33. The lowest BCUT2D eigenvalue weighted by molar-refractivity contribution is 1.26. The number of nitrogens with one attached hydrogen (secondary N) is 1. The summed E-state index contributed by atoms with van der Waals surface area (Å²) in [5.41, 5.74) is 4.12. The number of aryl methyl sites for hydroxylation is 1. The number of pyridine rings is 2. The molecule has 0 aliphatic rings. The molecule has 4 nitrogen and oxygen atoms in total. The molecule has 94 valence electrons. The van der Waals surface area contributed by atoms with Crippen molar-refractivity contribution in [2.75, 3.05) is 5.32 Å². The molecular weight excluding hydrogens is 256 g/mol. The van der Waals surface area contributed by atoms with Crippen LogP contribution < -0.4 is 5.32 Å². The normalized spacial score (nSPS) is 10.4. The van der Waals surface area contributed by atoms with E-state index in [0.717, 1.165) is 22.1 Å². The molecule has 0 atom stereocenters. The van der Waals surface area contributed by atoms with Crippen LogP contribution in [0.4, 0.5) is 10.8 Å². The van der Waals surface area contributed by atoms with E-state index < -0.39 is 0 Å². The molecule has 0 spiro atoms. The Morgan fingerprint density at radius 1 is 1.11 bits per heavy atom. The lowest BCUT2D eigenvalue weighted by Crippen LogP contribution is -1.90. The van der Waals surface area contributed by atoms with Gasteiger partial charge in [-0.3, -0.25) is 9.97 Å². The van der Waals surface area contributed by atoms with E-state index in [-0.39, 0.29) is 0 Å². The Bertz CT molecular complexity index is 679. The molecule has 5 heteroatoms. The molecule has 0 radical (unpaired) electrons. The van der Waals surface area contributed by atoms with E-state index in [2.05, 4.69) is 27.2 Å². The molecule has 0 aliphatic carbocycles. The average molecular weight is 268 g/mol. The van der Waals surface area contributed by atoms with Gasteiger partial charge in [0, 0.05) is 29.5 Å². The predicted molar refractivity (Wildman–Crippen MR) is 77.6 cm³/mol.